The Hall–Kier alpha value is -0.123. The predicted octanol–water partition coefficient (Wildman–Crippen LogP) is 4.65. The van der Waals surface area contributed by atoms with Crippen molar-refractivity contribution in [2.24, 2.45) is 5.92 Å². The van der Waals surface area contributed by atoms with E-state index in [0.29, 0.717) is 5.54 Å². The summed E-state index contributed by atoms with van der Waals surface area (Å²) in [5.74, 6) is 0.813. The molecule has 2 nitrogen and oxygen atoms in total. The molecule has 2 atom stereocenters. The maximum atomic E-state index is 6.37. The zero-order valence-corrected chi connectivity index (χ0v) is 14.0. The lowest BCUT2D eigenvalue weighted by Crippen LogP contribution is -2.47. The van der Waals surface area contributed by atoms with Gasteiger partial charge in [-0.25, -0.2) is 0 Å². The lowest BCUT2D eigenvalue weighted by Gasteiger charge is -2.35. The van der Waals surface area contributed by atoms with Gasteiger partial charge in [0.05, 0.1) is 0 Å². The highest BCUT2D eigenvalue weighted by atomic mass is 28.4. The highest BCUT2D eigenvalue weighted by molar-refractivity contribution is 6.70. The van der Waals surface area contributed by atoms with Crippen LogP contribution in [0.15, 0.2) is 12.2 Å². The highest BCUT2D eigenvalue weighted by Gasteiger charge is 2.58. The fourth-order valence-electron chi connectivity index (χ4n) is 2.87. The molecule has 0 aromatic carbocycles. The fourth-order valence-corrected chi connectivity index (χ4v) is 7.76. The molecule has 0 amide bonds. The van der Waals surface area contributed by atoms with E-state index in [2.05, 4.69) is 48.1 Å². The van der Waals surface area contributed by atoms with Crippen molar-refractivity contribution < 1.29 is 8.85 Å². The first kappa shape index (κ1) is 15.9. The molecular formula is C15H30O2Si. The fraction of sp³-hybridized carbons (Fsp3) is 0.867. The third-order valence-electron chi connectivity index (χ3n) is 3.43. The molecule has 0 heterocycles. The minimum Gasteiger partial charge on any atom is -0.391 e. The van der Waals surface area contributed by atoms with Crippen molar-refractivity contribution in [3.05, 3.63) is 12.2 Å². The number of allylic oxidation sites excluding steroid dienone is 1. The third-order valence-corrected chi connectivity index (χ3v) is 8.10. The molecule has 0 aromatic rings. The van der Waals surface area contributed by atoms with Crippen LogP contribution in [0.2, 0.25) is 11.6 Å². The van der Waals surface area contributed by atoms with Crippen LogP contribution in [0.4, 0.5) is 0 Å². The van der Waals surface area contributed by atoms with Gasteiger partial charge in [0.1, 0.15) is 0 Å². The zero-order valence-electron chi connectivity index (χ0n) is 13.0. The van der Waals surface area contributed by atoms with Crippen molar-refractivity contribution in [2.75, 3.05) is 0 Å². The van der Waals surface area contributed by atoms with Crippen molar-refractivity contribution in [3.63, 3.8) is 0 Å². The lowest BCUT2D eigenvalue weighted by molar-refractivity contribution is 0.103. The van der Waals surface area contributed by atoms with E-state index in [4.69, 9.17) is 8.85 Å². The number of hydrogen-bond acceptors (Lipinski definition) is 2. The van der Waals surface area contributed by atoms with Gasteiger partial charge in [0.15, 0.2) is 0 Å². The molecule has 1 aliphatic carbocycles. The zero-order chi connectivity index (χ0) is 13.9. The highest BCUT2D eigenvalue weighted by Crippen LogP contribution is 2.56. The van der Waals surface area contributed by atoms with E-state index in [9.17, 15) is 0 Å². The molecule has 1 fully saturated rings. The van der Waals surface area contributed by atoms with Crippen LogP contribution in [0, 0.1) is 5.92 Å². The molecule has 1 rings (SSSR count). The summed E-state index contributed by atoms with van der Waals surface area (Å²) in [5.41, 5.74) is 1.87. The Kier molecular flexibility index (Phi) is 5.62. The molecule has 0 N–H and O–H groups in total. The topological polar surface area (TPSA) is 18.5 Å². The van der Waals surface area contributed by atoms with Gasteiger partial charge in [-0.3, -0.25) is 0 Å². The summed E-state index contributed by atoms with van der Waals surface area (Å²) >= 11 is 0. The molecule has 1 saturated carbocycles. The van der Waals surface area contributed by atoms with Gasteiger partial charge in [-0.1, -0.05) is 18.9 Å². The standard InChI is InChI=1S/C15H30O2Si/c1-8-14-9-15(14)18(10-11(2)3,16-12(4)5)17-13(6)7/h12-15H,2,8-10H2,1,3-7H3. The van der Waals surface area contributed by atoms with Crippen LogP contribution < -0.4 is 0 Å². The molecule has 106 valence electrons. The molecule has 18 heavy (non-hydrogen) atoms. The molecule has 0 bridgehead atoms. The summed E-state index contributed by atoms with van der Waals surface area (Å²) in [6.07, 6.45) is 3.02. The van der Waals surface area contributed by atoms with Crippen LogP contribution >= 0.6 is 0 Å². The van der Waals surface area contributed by atoms with Crippen molar-refractivity contribution in [3.8, 4) is 0 Å². The lowest BCUT2D eigenvalue weighted by atomic mass is 10.3. The third kappa shape index (κ3) is 4.21. The van der Waals surface area contributed by atoms with Gasteiger partial charge < -0.3 is 8.85 Å². The minimum absolute atomic E-state index is 0.243. The summed E-state index contributed by atoms with van der Waals surface area (Å²) < 4.78 is 12.7. The Balaban J connectivity index is 2.89. The largest absolute Gasteiger partial charge is 0.391 e. The molecule has 3 heteroatoms. The molecule has 2 unspecified atom stereocenters. The van der Waals surface area contributed by atoms with Crippen molar-refractivity contribution in [1.82, 2.24) is 0 Å². The molecule has 1 aliphatic rings. The van der Waals surface area contributed by atoms with Crippen LogP contribution in [-0.4, -0.2) is 20.8 Å². The van der Waals surface area contributed by atoms with Gasteiger partial charge in [0.2, 0.25) is 0 Å². The van der Waals surface area contributed by atoms with Crippen LogP contribution in [0.5, 0.6) is 0 Å². The monoisotopic (exact) mass is 270 g/mol. The van der Waals surface area contributed by atoms with E-state index in [1.807, 2.05) is 0 Å². The molecule has 0 aromatic heterocycles. The van der Waals surface area contributed by atoms with Gasteiger partial charge >= 0.3 is 8.56 Å². The van der Waals surface area contributed by atoms with E-state index in [0.717, 1.165) is 12.0 Å². The second-order valence-electron chi connectivity index (χ2n) is 6.29. The number of rotatable bonds is 8. The Morgan fingerprint density at radius 3 is 2.00 bits per heavy atom. The molecule has 0 radical (unpaired) electrons. The maximum Gasteiger partial charge on any atom is 0.346 e. The van der Waals surface area contributed by atoms with Gasteiger partial charge in [-0.15, -0.1) is 6.58 Å². The van der Waals surface area contributed by atoms with Crippen LogP contribution in [0.25, 0.3) is 0 Å². The van der Waals surface area contributed by atoms with Crippen molar-refractivity contribution in [2.45, 2.75) is 78.2 Å². The van der Waals surface area contributed by atoms with Crippen LogP contribution in [-0.2, 0) is 8.85 Å². The van der Waals surface area contributed by atoms with E-state index in [1.54, 1.807) is 0 Å². The van der Waals surface area contributed by atoms with Gasteiger partial charge in [0, 0.05) is 23.8 Å². The van der Waals surface area contributed by atoms with Crippen molar-refractivity contribution in [1.29, 1.82) is 0 Å². The summed E-state index contributed by atoms with van der Waals surface area (Å²) in [4.78, 5) is 0. The summed E-state index contributed by atoms with van der Waals surface area (Å²) in [7, 11) is -2.13. The normalized spacial score (nSPS) is 23.8. The quantitative estimate of drug-likeness (QED) is 0.472. The molecular weight excluding hydrogens is 240 g/mol. The average molecular weight is 270 g/mol. The summed E-state index contributed by atoms with van der Waals surface area (Å²) in [6, 6.07) is 0.949. The van der Waals surface area contributed by atoms with Crippen LogP contribution in [0.3, 0.4) is 0 Å². The van der Waals surface area contributed by atoms with Crippen LogP contribution in [0.1, 0.15) is 54.4 Å². The van der Waals surface area contributed by atoms with Gasteiger partial charge in [-0.2, -0.15) is 0 Å². The Bertz CT molecular complexity index is 276. The Morgan fingerprint density at radius 2 is 1.72 bits per heavy atom. The average Bonchev–Trinajstić information content (AvgIpc) is 2.92. The van der Waals surface area contributed by atoms with E-state index >= 15 is 0 Å². The SMILES string of the molecule is C=C(C)C[Si](OC(C)C)(OC(C)C)C1CC1CC. The van der Waals surface area contributed by atoms with E-state index < -0.39 is 8.56 Å². The first-order valence-corrected chi connectivity index (χ1v) is 9.40. The minimum atomic E-state index is -2.13. The molecule has 0 saturated heterocycles. The smallest absolute Gasteiger partial charge is 0.346 e. The van der Waals surface area contributed by atoms with Crippen molar-refractivity contribution >= 4 is 8.56 Å². The first-order valence-electron chi connectivity index (χ1n) is 7.30. The second-order valence-corrected chi connectivity index (χ2v) is 9.48. The predicted molar refractivity (Wildman–Crippen MR) is 80.0 cm³/mol. The van der Waals surface area contributed by atoms with Gasteiger partial charge in [0.25, 0.3) is 0 Å². The summed E-state index contributed by atoms with van der Waals surface area (Å²) in [5, 5.41) is 0. The van der Waals surface area contributed by atoms with E-state index in [-0.39, 0.29) is 12.2 Å². The number of hydrogen-bond donors (Lipinski definition) is 0. The molecule has 0 spiro atoms. The maximum absolute atomic E-state index is 6.37. The molecule has 0 aliphatic heterocycles. The Morgan fingerprint density at radius 1 is 1.22 bits per heavy atom. The second kappa shape index (κ2) is 6.35. The first-order chi connectivity index (χ1) is 8.30. The Labute approximate surface area is 114 Å². The van der Waals surface area contributed by atoms with Gasteiger partial charge in [-0.05, 0) is 47.0 Å². The van der Waals surface area contributed by atoms with E-state index in [1.165, 1.54) is 18.4 Å². The summed E-state index contributed by atoms with van der Waals surface area (Å²) in [6.45, 7) is 16.9.